The maximum atomic E-state index is 13.5. The zero-order chi connectivity index (χ0) is 21.9. The smallest absolute Gasteiger partial charge is 0.420 e. The molecule has 0 bridgehead atoms. The third kappa shape index (κ3) is 3.57. The fraction of sp³-hybridized carbons (Fsp3) is 0.263. The first-order valence-electron chi connectivity index (χ1n) is 8.73. The molecule has 0 spiro atoms. The lowest BCUT2D eigenvalue weighted by atomic mass is 10.0. The second-order valence-electron chi connectivity index (χ2n) is 7.01. The summed E-state index contributed by atoms with van der Waals surface area (Å²) in [6.07, 6.45) is -4.68. The van der Waals surface area contributed by atoms with E-state index in [2.05, 4.69) is 0 Å². The van der Waals surface area contributed by atoms with Crippen molar-refractivity contribution >= 4 is 21.0 Å². The summed E-state index contributed by atoms with van der Waals surface area (Å²) in [4.78, 5) is -0.215. The first-order valence-corrected chi connectivity index (χ1v) is 10.2. The highest BCUT2D eigenvalue weighted by atomic mass is 32.2. The lowest BCUT2D eigenvalue weighted by molar-refractivity contribution is -0.136. The van der Waals surface area contributed by atoms with E-state index in [4.69, 9.17) is 10.2 Å². The van der Waals surface area contributed by atoms with Crippen LogP contribution in [-0.2, 0) is 22.7 Å². The third-order valence-electron chi connectivity index (χ3n) is 4.81. The Morgan fingerprint density at radius 1 is 1.03 bits per heavy atom. The summed E-state index contributed by atoms with van der Waals surface area (Å²) in [5.41, 5.74) is 4.67. The highest BCUT2D eigenvalue weighted by Crippen LogP contribution is 2.40. The van der Waals surface area contributed by atoms with E-state index in [1.165, 1.54) is 36.4 Å². The SMILES string of the molecule is NCc1cc2cc(-c3ccc(S(=O)(=O)N4CC(F)(F)C4)cc3)cc(C(F)(F)F)c2o1. The molecular weight excluding hydrogens is 431 g/mol. The molecule has 1 aromatic heterocycles. The zero-order valence-corrected chi connectivity index (χ0v) is 16.0. The second kappa shape index (κ2) is 6.76. The van der Waals surface area contributed by atoms with Crippen molar-refractivity contribution in [2.24, 2.45) is 5.73 Å². The topological polar surface area (TPSA) is 76.5 Å². The van der Waals surface area contributed by atoms with E-state index in [9.17, 15) is 30.4 Å². The van der Waals surface area contributed by atoms with E-state index in [1.54, 1.807) is 0 Å². The molecule has 0 saturated carbocycles. The van der Waals surface area contributed by atoms with E-state index >= 15 is 0 Å². The standard InChI is InChI=1S/C19H15F5N2O3S/c20-18(21)9-26(10-18)30(27,28)15-3-1-11(2-4-15)12-5-13-6-14(8-25)29-17(13)16(7-12)19(22,23)24/h1-7H,8-10,25H2. The first-order chi connectivity index (χ1) is 13.9. The molecule has 1 aliphatic rings. The summed E-state index contributed by atoms with van der Waals surface area (Å²) in [7, 11) is -4.09. The van der Waals surface area contributed by atoms with Gasteiger partial charge in [0.1, 0.15) is 11.3 Å². The molecule has 2 N–H and O–H groups in total. The van der Waals surface area contributed by atoms with Crippen molar-refractivity contribution in [1.82, 2.24) is 4.31 Å². The molecule has 0 amide bonds. The Morgan fingerprint density at radius 3 is 2.20 bits per heavy atom. The summed E-state index contributed by atoms with van der Waals surface area (Å²) in [6, 6.07) is 8.82. The minimum absolute atomic E-state index is 0.0661. The number of rotatable bonds is 4. The normalized spacial score (nSPS) is 17.3. The van der Waals surface area contributed by atoms with Crippen LogP contribution in [0.5, 0.6) is 0 Å². The maximum Gasteiger partial charge on any atom is 0.420 e. The minimum atomic E-state index is -4.68. The molecule has 1 fully saturated rings. The molecule has 0 atom stereocenters. The van der Waals surface area contributed by atoms with Gasteiger partial charge >= 0.3 is 6.18 Å². The molecule has 2 aromatic carbocycles. The molecule has 1 aliphatic heterocycles. The van der Waals surface area contributed by atoms with E-state index < -0.39 is 40.8 Å². The molecule has 3 aromatic rings. The van der Waals surface area contributed by atoms with Crippen molar-refractivity contribution in [1.29, 1.82) is 0 Å². The van der Waals surface area contributed by atoms with Gasteiger partial charge in [-0.1, -0.05) is 12.1 Å². The van der Waals surface area contributed by atoms with E-state index in [1.807, 2.05) is 0 Å². The summed E-state index contributed by atoms with van der Waals surface area (Å²) in [5, 5.41) is 0.208. The third-order valence-corrected chi connectivity index (χ3v) is 6.62. The monoisotopic (exact) mass is 446 g/mol. The number of nitrogens with zero attached hydrogens (tertiary/aromatic N) is 1. The highest BCUT2D eigenvalue weighted by molar-refractivity contribution is 7.89. The first kappa shape index (κ1) is 20.8. The van der Waals surface area contributed by atoms with Crippen molar-refractivity contribution in [3.05, 3.63) is 53.8 Å². The van der Waals surface area contributed by atoms with Gasteiger partial charge in [-0.2, -0.15) is 17.5 Å². The average Bonchev–Trinajstić information content (AvgIpc) is 3.07. The van der Waals surface area contributed by atoms with Crippen LogP contribution < -0.4 is 5.73 Å². The fourth-order valence-electron chi connectivity index (χ4n) is 3.29. The quantitative estimate of drug-likeness (QED) is 0.609. The number of alkyl halides is 5. The Labute approximate surface area is 167 Å². The van der Waals surface area contributed by atoms with Crippen LogP contribution in [0, 0.1) is 0 Å². The molecule has 30 heavy (non-hydrogen) atoms. The van der Waals surface area contributed by atoms with Gasteiger partial charge in [-0.15, -0.1) is 0 Å². The number of fused-ring (bicyclic) bond motifs is 1. The summed E-state index contributed by atoms with van der Waals surface area (Å²) >= 11 is 0. The van der Waals surface area contributed by atoms with Gasteiger partial charge < -0.3 is 10.2 Å². The van der Waals surface area contributed by atoms with Crippen LogP contribution in [0.3, 0.4) is 0 Å². The predicted molar refractivity (Wildman–Crippen MR) is 98.2 cm³/mol. The van der Waals surface area contributed by atoms with Gasteiger partial charge in [-0.3, -0.25) is 0 Å². The van der Waals surface area contributed by atoms with Crippen LogP contribution in [0.15, 0.2) is 51.8 Å². The van der Waals surface area contributed by atoms with Crippen LogP contribution in [0.25, 0.3) is 22.1 Å². The average molecular weight is 446 g/mol. The lowest BCUT2D eigenvalue weighted by Crippen LogP contribution is -2.58. The summed E-state index contributed by atoms with van der Waals surface area (Å²) in [5.74, 6) is -2.86. The van der Waals surface area contributed by atoms with Gasteiger partial charge in [0.25, 0.3) is 5.92 Å². The van der Waals surface area contributed by atoms with Crippen molar-refractivity contribution in [3.8, 4) is 11.1 Å². The van der Waals surface area contributed by atoms with Crippen LogP contribution in [0.1, 0.15) is 11.3 Å². The van der Waals surface area contributed by atoms with Gasteiger partial charge in [-0.25, -0.2) is 17.2 Å². The number of hydrogen-bond acceptors (Lipinski definition) is 4. The Bertz CT molecular complexity index is 1210. The Hall–Kier alpha value is -2.50. The zero-order valence-electron chi connectivity index (χ0n) is 15.2. The molecule has 0 radical (unpaired) electrons. The lowest BCUT2D eigenvalue weighted by Gasteiger charge is -2.37. The molecule has 11 heteroatoms. The Morgan fingerprint density at radius 2 is 1.67 bits per heavy atom. The van der Waals surface area contributed by atoms with Crippen LogP contribution in [-0.4, -0.2) is 31.7 Å². The predicted octanol–water partition coefficient (Wildman–Crippen LogP) is 4.22. The fourth-order valence-corrected chi connectivity index (χ4v) is 4.79. The van der Waals surface area contributed by atoms with Crippen molar-refractivity contribution in [3.63, 3.8) is 0 Å². The molecule has 1 saturated heterocycles. The number of benzene rings is 2. The van der Waals surface area contributed by atoms with Gasteiger partial charge in [0, 0.05) is 5.39 Å². The van der Waals surface area contributed by atoms with Crippen molar-refractivity contribution < 1.29 is 34.8 Å². The molecule has 0 aliphatic carbocycles. The van der Waals surface area contributed by atoms with Gasteiger partial charge in [0.2, 0.25) is 10.0 Å². The molecule has 160 valence electrons. The maximum absolute atomic E-state index is 13.5. The summed E-state index contributed by atoms with van der Waals surface area (Å²) in [6.45, 7) is -1.86. The van der Waals surface area contributed by atoms with E-state index in [0.29, 0.717) is 9.87 Å². The Kier molecular flexibility index (Phi) is 4.68. The molecular formula is C19H15F5N2O3S. The number of hydrogen-bond donors (Lipinski definition) is 1. The van der Waals surface area contributed by atoms with E-state index in [0.717, 1.165) is 6.07 Å². The van der Waals surface area contributed by atoms with Crippen LogP contribution >= 0.6 is 0 Å². The van der Waals surface area contributed by atoms with Gasteiger partial charge in [0.05, 0.1) is 30.1 Å². The van der Waals surface area contributed by atoms with Crippen LogP contribution in [0.2, 0.25) is 0 Å². The van der Waals surface area contributed by atoms with E-state index in [-0.39, 0.29) is 33.7 Å². The minimum Gasteiger partial charge on any atom is -0.459 e. The van der Waals surface area contributed by atoms with Crippen molar-refractivity contribution in [2.75, 3.05) is 13.1 Å². The van der Waals surface area contributed by atoms with Crippen molar-refractivity contribution in [2.45, 2.75) is 23.5 Å². The molecule has 5 nitrogen and oxygen atoms in total. The number of nitrogens with two attached hydrogens (primary N) is 1. The van der Waals surface area contributed by atoms with Gasteiger partial charge in [0.15, 0.2) is 0 Å². The number of furan rings is 1. The molecule has 0 unspecified atom stereocenters. The van der Waals surface area contributed by atoms with Gasteiger partial charge in [-0.05, 0) is 41.5 Å². The highest BCUT2D eigenvalue weighted by Gasteiger charge is 2.49. The summed E-state index contributed by atoms with van der Waals surface area (Å²) < 4.78 is 97.1. The second-order valence-corrected chi connectivity index (χ2v) is 8.95. The number of sulfonamides is 1. The largest absolute Gasteiger partial charge is 0.459 e. The Balaban J connectivity index is 1.72. The molecule has 2 heterocycles. The molecule has 4 rings (SSSR count). The number of halogens is 5. The van der Waals surface area contributed by atoms with Crippen LogP contribution in [0.4, 0.5) is 22.0 Å².